The fourth-order valence-corrected chi connectivity index (χ4v) is 2.78. The molecule has 1 aromatic rings. The highest BCUT2D eigenvalue weighted by Gasteiger charge is 2.27. The Morgan fingerprint density at radius 1 is 1.59 bits per heavy atom. The standard InChI is InChI=1S/C12H14ClIN2O/c13-9-1-2-11(14)10(5-9)12(17)16-4-3-8(6-15)7-16/h1-2,5,8H,3-4,6-7,15H2. The van der Waals surface area contributed by atoms with Crippen molar-refractivity contribution >= 4 is 40.1 Å². The van der Waals surface area contributed by atoms with Crippen molar-refractivity contribution < 1.29 is 4.79 Å². The highest BCUT2D eigenvalue weighted by atomic mass is 127. The van der Waals surface area contributed by atoms with Crippen LogP contribution < -0.4 is 5.73 Å². The Balaban J connectivity index is 2.17. The van der Waals surface area contributed by atoms with E-state index in [1.807, 2.05) is 11.0 Å². The molecule has 1 aliphatic rings. The smallest absolute Gasteiger partial charge is 0.254 e. The van der Waals surface area contributed by atoms with Gasteiger partial charge in [-0.25, -0.2) is 0 Å². The predicted molar refractivity (Wildman–Crippen MR) is 77.2 cm³/mol. The molecule has 0 aromatic heterocycles. The maximum Gasteiger partial charge on any atom is 0.254 e. The second-order valence-electron chi connectivity index (χ2n) is 4.27. The fourth-order valence-electron chi connectivity index (χ4n) is 2.04. The number of carbonyl (C=O) groups excluding carboxylic acids is 1. The highest BCUT2D eigenvalue weighted by molar-refractivity contribution is 14.1. The molecule has 0 spiro atoms. The Morgan fingerprint density at radius 2 is 2.35 bits per heavy atom. The molecule has 0 saturated carbocycles. The van der Waals surface area contributed by atoms with Gasteiger partial charge in [-0.3, -0.25) is 4.79 Å². The third kappa shape index (κ3) is 2.92. The molecule has 0 bridgehead atoms. The first-order chi connectivity index (χ1) is 8.11. The van der Waals surface area contributed by atoms with Gasteiger partial charge in [0.15, 0.2) is 0 Å². The molecule has 1 aliphatic heterocycles. The molecule has 1 saturated heterocycles. The third-order valence-electron chi connectivity index (χ3n) is 3.07. The van der Waals surface area contributed by atoms with Crippen molar-refractivity contribution in [1.29, 1.82) is 0 Å². The van der Waals surface area contributed by atoms with Gasteiger partial charge >= 0.3 is 0 Å². The number of carbonyl (C=O) groups is 1. The van der Waals surface area contributed by atoms with Gasteiger partial charge in [0.25, 0.3) is 5.91 Å². The molecule has 0 radical (unpaired) electrons. The summed E-state index contributed by atoms with van der Waals surface area (Å²) in [4.78, 5) is 14.2. The summed E-state index contributed by atoms with van der Waals surface area (Å²) < 4.78 is 0.938. The number of nitrogens with two attached hydrogens (primary N) is 1. The van der Waals surface area contributed by atoms with Crippen LogP contribution in [0.1, 0.15) is 16.8 Å². The molecule has 1 atom stereocenters. The molecule has 1 amide bonds. The average molecular weight is 365 g/mol. The second-order valence-corrected chi connectivity index (χ2v) is 5.86. The lowest BCUT2D eigenvalue weighted by molar-refractivity contribution is 0.0786. The van der Waals surface area contributed by atoms with E-state index in [0.29, 0.717) is 23.0 Å². The third-order valence-corrected chi connectivity index (χ3v) is 4.24. The number of hydrogen-bond donors (Lipinski definition) is 1. The molecule has 2 N–H and O–H groups in total. The summed E-state index contributed by atoms with van der Waals surface area (Å²) in [6, 6.07) is 5.40. The van der Waals surface area contributed by atoms with Gasteiger partial charge in [0.1, 0.15) is 0 Å². The van der Waals surface area contributed by atoms with Gasteiger partial charge < -0.3 is 10.6 Å². The minimum atomic E-state index is 0.0628. The minimum absolute atomic E-state index is 0.0628. The van der Waals surface area contributed by atoms with Crippen LogP contribution in [0.5, 0.6) is 0 Å². The predicted octanol–water partition coefficient (Wildman–Crippen LogP) is 2.37. The first-order valence-electron chi connectivity index (χ1n) is 5.56. The van der Waals surface area contributed by atoms with Gasteiger partial charge in [-0.2, -0.15) is 0 Å². The monoisotopic (exact) mass is 364 g/mol. The van der Waals surface area contributed by atoms with E-state index in [2.05, 4.69) is 22.6 Å². The molecular weight excluding hydrogens is 351 g/mol. The number of likely N-dealkylation sites (tertiary alicyclic amines) is 1. The van der Waals surface area contributed by atoms with Crippen LogP contribution in [0.25, 0.3) is 0 Å². The summed E-state index contributed by atoms with van der Waals surface area (Å²) in [7, 11) is 0. The minimum Gasteiger partial charge on any atom is -0.338 e. The summed E-state index contributed by atoms with van der Waals surface area (Å²) in [5.41, 5.74) is 6.32. The SMILES string of the molecule is NCC1CCN(C(=O)c2cc(Cl)ccc2I)C1. The molecular formula is C12H14ClIN2O. The number of nitrogens with zero attached hydrogens (tertiary/aromatic N) is 1. The Hall–Kier alpha value is -0.330. The average Bonchev–Trinajstić information content (AvgIpc) is 2.80. The molecule has 3 nitrogen and oxygen atoms in total. The normalized spacial score (nSPS) is 19.7. The van der Waals surface area contributed by atoms with Crippen LogP contribution in [-0.2, 0) is 0 Å². The van der Waals surface area contributed by atoms with Crippen molar-refractivity contribution in [2.24, 2.45) is 11.7 Å². The topological polar surface area (TPSA) is 46.3 Å². The van der Waals surface area contributed by atoms with Crippen molar-refractivity contribution in [3.05, 3.63) is 32.4 Å². The second kappa shape index (κ2) is 5.54. The number of amides is 1. The molecule has 2 rings (SSSR count). The van der Waals surface area contributed by atoms with Gasteiger partial charge in [0, 0.05) is 21.7 Å². The lowest BCUT2D eigenvalue weighted by atomic mass is 10.1. The van der Waals surface area contributed by atoms with Crippen molar-refractivity contribution in [2.45, 2.75) is 6.42 Å². The zero-order valence-electron chi connectivity index (χ0n) is 9.33. The van der Waals surface area contributed by atoms with Gasteiger partial charge in [-0.1, -0.05) is 11.6 Å². The van der Waals surface area contributed by atoms with E-state index in [1.54, 1.807) is 12.1 Å². The quantitative estimate of drug-likeness (QED) is 0.819. The number of rotatable bonds is 2. The molecule has 1 heterocycles. The number of hydrogen-bond acceptors (Lipinski definition) is 2. The summed E-state index contributed by atoms with van der Waals surface area (Å²) in [6.07, 6.45) is 0.999. The van der Waals surface area contributed by atoms with E-state index in [0.717, 1.165) is 23.1 Å². The van der Waals surface area contributed by atoms with Crippen molar-refractivity contribution in [1.82, 2.24) is 4.90 Å². The van der Waals surface area contributed by atoms with E-state index in [4.69, 9.17) is 17.3 Å². The van der Waals surface area contributed by atoms with Gasteiger partial charge in [0.05, 0.1) is 5.56 Å². The lowest BCUT2D eigenvalue weighted by Gasteiger charge is -2.17. The summed E-state index contributed by atoms with van der Waals surface area (Å²) in [6.45, 7) is 2.21. The molecule has 5 heteroatoms. The van der Waals surface area contributed by atoms with Crippen LogP contribution in [0, 0.1) is 9.49 Å². The number of halogens is 2. The summed E-state index contributed by atoms with van der Waals surface area (Å²) >= 11 is 8.09. The summed E-state index contributed by atoms with van der Waals surface area (Å²) in [5, 5.41) is 0.600. The van der Waals surface area contributed by atoms with Crippen molar-refractivity contribution in [3.8, 4) is 0 Å². The fraction of sp³-hybridized carbons (Fsp3) is 0.417. The van der Waals surface area contributed by atoms with E-state index < -0.39 is 0 Å². The van der Waals surface area contributed by atoms with Crippen LogP contribution in [0.2, 0.25) is 5.02 Å². The van der Waals surface area contributed by atoms with Crippen LogP contribution >= 0.6 is 34.2 Å². The molecule has 92 valence electrons. The van der Waals surface area contributed by atoms with Crippen molar-refractivity contribution in [2.75, 3.05) is 19.6 Å². The highest BCUT2D eigenvalue weighted by Crippen LogP contribution is 2.23. The Labute approximate surface area is 119 Å². The maximum absolute atomic E-state index is 12.3. The molecule has 1 aromatic carbocycles. The molecule has 1 unspecified atom stereocenters. The van der Waals surface area contributed by atoms with Gasteiger partial charge in [-0.15, -0.1) is 0 Å². The Kier molecular flexibility index (Phi) is 4.27. The van der Waals surface area contributed by atoms with E-state index >= 15 is 0 Å². The van der Waals surface area contributed by atoms with E-state index in [9.17, 15) is 4.79 Å². The van der Waals surface area contributed by atoms with Crippen LogP contribution in [0.3, 0.4) is 0 Å². The largest absolute Gasteiger partial charge is 0.338 e. The van der Waals surface area contributed by atoms with Crippen LogP contribution in [0.4, 0.5) is 0 Å². The Morgan fingerprint density at radius 3 is 3.00 bits per heavy atom. The molecule has 1 fully saturated rings. The lowest BCUT2D eigenvalue weighted by Crippen LogP contribution is -2.30. The van der Waals surface area contributed by atoms with E-state index in [-0.39, 0.29) is 5.91 Å². The van der Waals surface area contributed by atoms with E-state index in [1.165, 1.54) is 0 Å². The maximum atomic E-state index is 12.3. The van der Waals surface area contributed by atoms with Crippen LogP contribution in [0.15, 0.2) is 18.2 Å². The first-order valence-corrected chi connectivity index (χ1v) is 7.02. The molecule has 0 aliphatic carbocycles. The Bertz CT molecular complexity index is 439. The van der Waals surface area contributed by atoms with Crippen LogP contribution in [-0.4, -0.2) is 30.4 Å². The number of benzene rings is 1. The molecule has 17 heavy (non-hydrogen) atoms. The first kappa shape index (κ1) is 13.1. The van der Waals surface area contributed by atoms with Gasteiger partial charge in [-0.05, 0) is 59.7 Å². The zero-order valence-corrected chi connectivity index (χ0v) is 12.2. The van der Waals surface area contributed by atoms with Gasteiger partial charge in [0.2, 0.25) is 0 Å². The summed E-state index contributed by atoms with van der Waals surface area (Å²) in [5.74, 6) is 0.503. The zero-order chi connectivity index (χ0) is 12.4. The van der Waals surface area contributed by atoms with Crippen molar-refractivity contribution in [3.63, 3.8) is 0 Å².